The molecule has 1 N–H and O–H groups in total. The van der Waals surface area contributed by atoms with Crippen LogP contribution in [0.1, 0.15) is 5.69 Å². The molecule has 0 saturated heterocycles. The predicted molar refractivity (Wildman–Crippen MR) is 46.3 cm³/mol. The number of H-pyrrole nitrogens is 1. The Bertz CT molecular complexity index is 566. The SMILES string of the molecule is Cn1cnc2cc(C(F)(F)F)[nH]c(=O)c21. The Morgan fingerprint density at radius 1 is 1.47 bits per heavy atom. The molecule has 4 nitrogen and oxygen atoms in total. The molecule has 15 heavy (non-hydrogen) atoms. The molecule has 2 heterocycles. The lowest BCUT2D eigenvalue weighted by molar-refractivity contribution is -0.141. The average molecular weight is 217 g/mol. The minimum Gasteiger partial charge on any atom is -0.329 e. The Morgan fingerprint density at radius 2 is 2.13 bits per heavy atom. The minimum absolute atomic E-state index is 0.0357. The van der Waals surface area contributed by atoms with Crippen molar-refractivity contribution >= 4 is 11.0 Å². The van der Waals surface area contributed by atoms with E-state index in [9.17, 15) is 18.0 Å². The van der Waals surface area contributed by atoms with Gasteiger partial charge in [0.15, 0.2) is 0 Å². The van der Waals surface area contributed by atoms with Gasteiger partial charge in [-0.05, 0) is 6.07 Å². The lowest BCUT2D eigenvalue weighted by Crippen LogP contribution is -2.17. The van der Waals surface area contributed by atoms with Gasteiger partial charge in [-0.15, -0.1) is 0 Å². The van der Waals surface area contributed by atoms with Gasteiger partial charge < -0.3 is 9.55 Å². The summed E-state index contributed by atoms with van der Waals surface area (Å²) < 4.78 is 38.3. The van der Waals surface area contributed by atoms with E-state index in [0.29, 0.717) is 0 Å². The Kier molecular flexibility index (Phi) is 1.85. The summed E-state index contributed by atoms with van der Waals surface area (Å²) >= 11 is 0. The molecule has 0 amide bonds. The van der Waals surface area contributed by atoms with Crippen molar-refractivity contribution in [1.29, 1.82) is 0 Å². The number of halogens is 3. The molecule has 0 unspecified atom stereocenters. The van der Waals surface area contributed by atoms with Crippen molar-refractivity contribution in [3.8, 4) is 0 Å². The van der Waals surface area contributed by atoms with Gasteiger partial charge in [0.05, 0.1) is 11.8 Å². The number of imidazole rings is 1. The highest BCUT2D eigenvalue weighted by atomic mass is 19.4. The van der Waals surface area contributed by atoms with Crippen LogP contribution in [-0.2, 0) is 13.2 Å². The third kappa shape index (κ3) is 1.49. The number of aromatic amines is 1. The van der Waals surface area contributed by atoms with E-state index >= 15 is 0 Å². The number of nitrogens with zero attached hydrogens (tertiary/aromatic N) is 2. The van der Waals surface area contributed by atoms with Crippen molar-refractivity contribution in [3.05, 3.63) is 28.4 Å². The molecule has 0 saturated carbocycles. The topological polar surface area (TPSA) is 50.7 Å². The molecule has 0 bridgehead atoms. The van der Waals surface area contributed by atoms with Crippen molar-refractivity contribution in [3.63, 3.8) is 0 Å². The fourth-order valence-corrected chi connectivity index (χ4v) is 1.34. The van der Waals surface area contributed by atoms with Gasteiger partial charge in [-0.1, -0.05) is 0 Å². The van der Waals surface area contributed by atoms with Crippen LogP contribution >= 0.6 is 0 Å². The molecule has 0 radical (unpaired) electrons. The van der Waals surface area contributed by atoms with Crippen LogP contribution in [0.4, 0.5) is 13.2 Å². The molecule has 0 aliphatic rings. The summed E-state index contributed by atoms with van der Waals surface area (Å²) in [5.41, 5.74) is -1.71. The summed E-state index contributed by atoms with van der Waals surface area (Å²) in [6.45, 7) is 0. The third-order valence-electron chi connectivity index (χ3n) is 2.02. The summed E-state index contributed by atoms with van der Waals surface area (Å²) in [5, 5.41) is 0. The normalized spacial score (nSPS) is 12.3. The first-order valence-electron chi connectivity index (χ1n) is 4.01. The van der Waals surface area contributed by atoms with E-state index in [1.165, 1.54) is 17.9 Å². The van der Waals surface area contributed by atoms with Crippen molar-refractivity contribution in [1.82, 2.24) is 14.5 Å². The Hall–Kier alpha value is -1.79. The highest BCUT2D eigenvalue weighted by Gasteiger charge is 2.32. The molecule has 2 aromatic rings. The third-order valence-corrected chi connectivity index (χ3v) is 2.02. The first-order chi connectivity index (χ1) is 6.89. The summed E-state index contributed by atoms with van der Waals surface area (Å²) in [4.78, 5) is 16.8. The van der Waals surface area contributed by atoms with Crippen LogP contribution in [0.2, 0.25) is 0 Å². The van der Waals surface area contributed by atoms with E-state index in [0.717, 1.165) is 6.07 Å². The van der Waals surface area contributed by atoms with Gasteiger partial charge in [-0.2, -0.15) is 13.2 Å². The summed E-state index contributed by atoms with van der Waals surface area (Å²) in [5.74, 6) is 0. The first kappa shape index (κ1) is 9.75. The average Bonchev–Trinajstić information content (AvgIpc) is 2.46. The van der Waals surface area contributed by atoms with Gasteiger partial charge in [0.2, 0.25) is 0 Å². The number of pyridine rings is 1. The van der Waals surface area contributed by atoms with E-state index < -0.39 is 17.4 Å². The van der Waals surface area contributed by atoms with E-state index in [2.05, 4.69) is 4.98 Å². The van der Waals surface area contributed by atoms with Gasteiger partial charge in [-0.25, -0.2) is 4.98 Å². The van der Waals surface area contributed by atoms with Gasteiger partial charge >= 0.3 is 6.18 Å². The number of rotatable bonds is 0. The maximum absolute atomic E-state index is 12.3. The fourth-order valence-electron chi connectivity index (χ4n) is 1.34. The van der Waals surface area contributed by atoms with Crippen LogP contribution in [0, 0.1) is 0 Å². The van der Waals surface area contributed by atoms with Crippen molar-refractivity contribution in [2.75, 3.05) is 0 Å². The summed E-state index contributed by atoms with van der Waals surface area (Å²) in [7, 11) is 1.54. The molecule has 80 valence electrons. The van der Waals surface area contributed by atoms with Crippen LogP contribution < -0.4 is 5.56 Å². The second-order valence-corrected chi connectivity index (χ2v) is 3.10. The van der Waals surface area contributed by atoms with Gasteiger partial charge in [-0.3, -0.25) is 4.79 Å². The Morgan fingerprint density at radius 3 is 2.73 bits per heavy atom. The zero-order valence-corrected chi connectivity index (χ0v) is 7.59. The quantitative estimate of drug-likeness (QED) is 0.722. The monoisotopic (exact) mass is 217 g/mol. The van der Waals surface area contributed by atoms with E-state index in [1.807, 2.05) is 0 Å². The molecule has 0 aliphatic carbocycles. The first-order valence-corrected chi connectivity index (χ1v) is 4.01. The number of aryl methyl sites for hydroxylation is 1. The highest BCUT2D eigenvalue weighted by Crippen LogP contribution is 2.27. The van der Waals surface area contributed by atoms with Gasteiger partial charge in [0, 0.05) is 7.05 Å². The number of hydrogen-bond acceptors (Lipinski definition) is 2. The molecule has 0 aromatic carbocycles. The fraction of sp³-hybridized carbons (Fsp3) is 0.250. The van der Waals surface area contributed by atoms with Crippen molar-refractivity contribution in [2.45, 2.75) is 6.18 Å². The van der Waals surface area contributed by atoms with E-state index in [1.54, 1.807) is 4.98 Å². The zero-order chi connectivity index (χ0) is 11.2. The molecule has 2 rings (SSSR count). The number of fused-ring (bicyclic) bond motifs is 1. The van der Waals surface area contributed by atoms with Crippen LogP contribution in [-0.4, -0.2) is 14.5 Å². The Labute approximate surface area is 81.4 Å². The van der Waals surface area contributed by atoms with Crippen molar-refractivity contribution in [2.24, 2.45) is 7.05 Å². The van der Waals surface area contributed by atoms with Gasteiger partial charge in [0.1, 0.15) is 11.2 Å². The maximum Gasteiger partial charge on any atom is 0.431 e. The molecule has 0 spiro atoms. The number of hydrogen-bond donors (Lipinski definition) is 1. The maximum atomic E-state index is 12.3. The molecule has 7 heteroatoms. The molecule has 0 aliphatic heterocycles. The zero-order valence-electron chi connectivity index (χ0n) is 7.59. The van der Waals surface area contributed by atoms with E-state index in [4.69, 9.17) is 0 Å². The van der Waals surface area contributed by atoms with Gasteiger partial charge in [0.25, 0.3) is 5.56 Å². The lowest BCUT2D eigenvalue weighted by Gasteiger charge is -2.05. The van der Waals surface area contributed by atoms with Crippen LogP contribution in [0.25, 0.3) is 11.0 Å². The minimum atomic E-state index is -4.56. The number of alkyl halides is 3. The molecule has 2 aromatic heterocycles. The van der Waals surface area contributed by atoms with Crippen LogP contribution in [0.3, 0.4) is 0 Å². The summed E-state index contributed by atoms with van der Waals surface area (Å²) in [6.07, 6.45) is -3.27. The predicted octanol–water partition coefficient (Wildman–Crippen LogP) is 1.28. The number of aromatic nitrogens is 3. The number of nitrogens with one attached hydrogen (secondary N) is 1. The highest BCUT2D eigenvalue weighted by molar-refractivity contribution is 5.74. The van der Waals surface area contributed by atoms with Crippen LogP contribution in [0.5, 0.6) is 0 Å². The van der Waals surface area contributed by atoms with Crippen LogP contribution in [0.15, 0.2) is 17.2 Å². The molecule has 0 atom stereocenters. The van der Waals surface area contributed by atoms with Crippen molar-refractivity contribution < 1.29 is 13.2 Å². The Balaban J connectivity index is 2.81. The second kappa shape index (κ2) is 2.85. The summed E-state index contributed by atoms with van der Waals surface area (Å²) in [6, 6.07) is 0.816. The molecular weight excluding hydrogens is 211 g/mol. The largest absolute Gasteiger partial charge is 0.431 e. The molecular formula is C8H6F3N3O. The van der Waals surface area contributed by atoms with E-state index in [-0.39, 0.29) is 11.0 Å². The molecule has 0 fully saturated rings. The smallest absolute Gasteiger partial charge is 0.329 e. The lowest BCUT2D eigenvalue weighted by atomic mass is 10.3. The standard InChI is InChI=1S/C8H6F3N3O/c1-14-3-12-4-2-5(8(9,10)11)13-7(15)6(4)14/h2-3H,1H3,(H,13,15). The second-order valence-electron chi connectivity index (χ2n) is 3.10.